The minimum Gasteiger partial charge on any atom is -0.370 e. The van der Waals surface area contributed by atoms with Crippen LogP contribution in [0.25, 0.3) is 11.0 Å². The van der Waals surface area contributed by atoms with Crippen LogP contribution in [0.5, 0.6) is 0 Å². The number of carbonyl (C=O) groups excluding carboxylic acids is 2. The van der Waals surface area contributed by atoms with Crippen molar-refractivity contribution >= 4 is 22.7 Å². The van der Waals surface area contributed by atoms with Crippen LogP contribution >= 0.6 is 0 Å². The lowest BCUT2D eigenvalue weighted by Crippen LogP contribution is -2.39. The average molecular weight is 437 g/mol. The Bertz CT molecular complexity index is 972. The van der Waals surface area contributed by atoms with Crippen molar-refractivity contribution in [2.75, 3.05) is 19.7 Å². The summed E-state index contributed by atoms with van der Waals surface area (Å²) in [5, 5.41) is 0. The largest absolute Gasteiger partial charge is 0.416 e. The summed E-state index contributed by atoms with van der Waals surface area (Å²) in [4.78, 5) is 29.8. The van der Waals surface area contributed by atoms with Gasteiger partial charge in [-0.3, -0.25) is 4.79 Å². The number of ketones is 1. The molecule has 31 heavy (non-hydrogen) atoms. The van der Waals surface area contributed by atoms with Crippen molar-refractivity contribution in [3.8, 4) is 0 Å². The van der Waals surface area contributed by atoms with Gasteiger partial charge in [0, 0.05) is 38.6 Å². The van der Waals surface area contributed by atoms with Crippen molar-refractivity contribution in [3.05, 3.63) is 29.6 Å². The summed E-state index contributed by atoms with van der Waals surface area (Å²) in [5.74, 6) is 0.638. The SMILES string of the molecule is CC(=O)CCC(=O)N1CCC(n2c(C3CCCO3)nc3cc(C(F)(F)F)ccc32)CC1. The van der Waals surface area contributed by atoms with E-state index in [1.165, 1.54) is 13.0 Å². The van der Waals surface area contributed by atoms with Crippen LogP contribution in [0.4, 0.5) is 13.2 Å². The highest BCUT2D eigenvalue weighted by molar-refractivity contribution is 5.83. The van der Waals surface area contributed by atoms with Gasteiger partial charge in [0.2, 0.25) is 5.91 Å². The zero-order valence-electron chi connectivity index (χ0n) is 17.5. The normalized spacial score (nSPS) is 20.5. The van der Waals surface area contributed by atoms with Gasteiger partial charge in [0.25, 0.3) is 0 Å². The number of halogens is 3. The lowest BCUT2D eigenvalue weighted by Gasteiger charge is -2.34. The molecule has 1 aromatic carbocycles. The second-order valence-electron chi connectivity index (χ2n) is 8.36. The number of carbonyl (C=O) groups is 2. The maximum Gasteiger partial charge on any atom is 0.416 e. The smallest absolute Gasteiger partial charge is 0.370 e. The van der Waals surface area contributed by atoms with E-state index in [2.05, 4.69) is 4.98 Å². The summed E-state index contributed by atoms with van der Waals surface area (Å²) in [6.07, 6.45) is -1.14. The van der Waals surface area contributed by atoms with Gasteiger partial charge in [-0.25, -0.2) is 4.98 Å². The first kappa shape index (κ1) is 21.8. The van der Waals surface area contributed by atoms with E-state index in [9.17, 15) is 22.8 Å². The minimum atomic E-state index is -4.42. The fourth-order valence-electron chi connectivity index (χ4n) is 4.50. The summed E-state index contributed by atoms with van der Waals surface area (Å²) in [5.41, 5.74) is 0.273. The van der Waals surface area contributed by atoms with Crippen LogP contribution in [0.2, 0.25) is 0 Å². The molecule has 0 bridgehead atoms. The number of alkyl halides is 3. The van der Waals surface area contributed by atoms with Gasteiger partial charge in [-0.2, -0.15) is 13.2 Å². The van der Waals surface area contributed by atoms with Crippen LogP contribution in [-0.4, -0.2) is 45.8 Å². The zero-order valence-corrected chi connectivity index (χ0v) is 17.5. The number of piperidine rings is 1. The molecule has 4 rings (SSSR count). The number of fused-ring (bicyclic) bond motifs is 1. The average Bonchev–Trinajstić information content (AvgIpc) is 3.38. The van der Waals surface area contributed by atoms with Gasteiger partial charge in [-0.15, -0.1) is 0 Å². The van der Waals surface area contributed by atoms with Crippen molar-refractivity contribution in [3.63, 3.8) is 0 Å². The third-order valence-corrected chi connectivity index (χ3v) is 6.14. The molecule has 0 radical (unpaired) electrons. The molecule has 6 nitrogen and oxygen atoms in total. The maximum absolute atomic E-state index is 13.2. The molecule has 1 atom stereocenters. The van der Waals surface area contributed by atoms with E-state index in [-0.39, 0.29) is 36.7 Å². The Morgan fingerprint density at radius 2 is 1.90 bits per heavy atom. The predicted molar refractivity (Wildman–Crippen MR) is 107 cm³/mol. The van der Waals surface area contributed by atoms with E-state index >= 15 is 0 Å². The number of hydrogen-bond acceptors (Lipinski definition) is 4. The molecule has 0 spiro atoms. The summed E-state index contributed by atoms with van der Waals surface area (Å²) in [6.45, 7) is 3.19. The van der Waals surface area contributed by atoms with E-state index < -0.39 is 11.7 Å². The van der Waals surface area contributed by atoms with Crippen LogP contribution in [0.15, 0.2) is 18.2 Å². The number of nitrogens with zero attached hydrogens (tertiary/aromatic N) is 3. The van der Waals surface area contributed by atoms with Gasteiger partial charge < -0.3 is 19.0 Å². The Morgan fingerprint density at radius 3 is 2.52 bits per heavy atom. The number of Topliss-reactive ketones (excluding diaryl/α,β-unsaturated/α-hetero) is 1. The number of amides is 1. The second-order valence-corrected chi connectivity index (χ2v) is 8.36. The molecule has 3 heterocycles. The molecule has 1 aromatic heterocycles. The van der Waals surface area contributed by atoms with Crippen molar-refractivity contribution in [2.45, 2.75) is 63.8 Å². The molecule has 2 saturated heterocycles. The number of ether oxygens (including phenoxy) is 1. The first-order valence-electron chi connectivity index (χ1n) is 10.7. The fourth-order valence-corrected chi connectivity index (χ4v) is 4.50. The monoisotopic (exact) mass is 437 g/mol. The van der Waals surface area contributed by atoms with E-state index in [0.29, 0.717) is 49.4 Å². The van der Waals surface area contributed by atoms with Gasteiger partial charge in [0.15, 0.2) is 0 Å². The Morgan fingerprint density at radius 1 is 1.16 bits per heavy atom. The maximum atomic E-state index is 13.2. The Balaban J connectivity index is 1.59. The molecule has 2 aliphatic rings. The van der Waals surface area contributed by atoms with Crippen molar-refractivity contribution in [1.29, 1.82) is 0 Å². The van der Waals surface area contributed by atoms with Gasteiger partial charge in [-0.1, -0.05) is 0 Å². The first-order chi connectivity index (χ1) is 14.7. The summed E-state index contributed by atoms with van der Waals surface area (Å²) >= 11 is 0. The molecule has 2 fully saturated rings. The Kier molecular flexibility index (Phi) is 6.05. The summed E-state index contributed by atoms with van der Waals surface area (Å²) in [7, 11) is 0. The van der Waals surface area contributed by atoms with Gasteiger partial charge in [0.05, 0.1) is 16.6 Å². The molecule has 168 valence electrons. The number of rotatable bonds is 5. The number of aromatic nitrogens is 2. The number of imidazole rings is 1. The van der Waals surface area contributed by atoms with Crippen LogP contribution in [0.3, 0.4) is 0 Å². The van der Waals surface area contributed by atoms with Gasteiger partial charge >= 0.3 is 6.18 Å². The van der Waals surface area contributed by atoms with Crippen molar-refractivity contribution in [1.82, 2.24) is 14.5 Å². The third-order valence-electron chi connectivity index (χ3n) is 6.14. The summed E-state index contributed by atoms with van der Waals surface area (Å²) < 4.78 is 47.4. The Labute approximate surface area is 178 Å². The van der Waals surface area contributed by atoms with Crippen LogP contribution < -0.4 is 0 Å². The minimum absolute atomic E-state index is 0.00690. The molecule has 9 heteroatoms. The first-order valence-corrected chi connectivity index (χ1v) is 10.7. The lowest BCUT2D eigenvalue weighted by atomic mass is 10.0. The molecular weight excluding hydrogens is 411 g/mol. The van der Waals surface area contributed by atoms with Crippen molar-refractivity contribution < 1.29 is 27.5 Å². The molecular formula is C22H26F3N3O3. The summed E-state index contributed by atoms with van der Waals surface area (Å²) in [6, 6.07) is 3.72. The Hall–Kier alpha value is -2.42. The fraction of sp³-hybridized carbons (Fsp3) is 0.591. The van der Waals surface area contributed by atoms with E-state index in [1.54, 1.807) is 4.90 Å². The molecule has 1 unspecified atom stereocenters. The highest BCUT2D eigenvalue weighted by Gasteiger charge is 2.34. The van der Waals surface area contributed by atoms with Gasteiger partial charge in [-0.05, 0) is 50.8 Å². The standard InChI is InChI=1S/C22H26F3N3O3/c1-14(29)4-7-20(30)27-10-8-16(9-11-27)28-18-6-5-15(22(23,24)25)13-17(18)26-21(28)19-3-2-12-31-19/h5-6,13,16,19H,2-4,7-12H2,1H3. The predicted octanol–water partition coefficient (Wildman–Crippen LogP) is 4.44. The van der Waals surface area contributed by atoms with Gasteiger partial charge in [0.1, 0.15) is 17.7 Å². The number of benzene rings is 1. The molecule has 2 aromatic rings. The van der Waals surface area contributed by atoms with Crippen LogP contribution in [-0.2, 0) is 20.5 Å². The molecule has 1 amide bonds. The van der Waals surface area contributed by atoms with E-state index in [1.807, 2.05) is 4.57 Å². The highest BCUT2D eigenvalue weighted by atomic mass is 19.4. The number of hydrogen-bond donors (Lipinski definition) is 0. The quantitative estimate of drug-likeness (QED) is 0.694. The van der Waals surface area contributed by atoms with E-state index in [0.717, 1.165) is 25.0 Å². The lowest BCUT2D eigenvalue weighted by molar-refractivity contribution is -0.137. The molecule has 0 N–H and O–H groups in total. The third kappa shape index (κ3) is 4.61. The van der Waals surface area contributed by atoms with Crippen LogP contribution in [0, 0.1) is 0 Å². The van der Waals surface area contributed by atoms with E-state index in [4.69, 9.17) is 4.74 Å². The number of likely N-dealkylation sites (tertiary alicyclic amines) is 1. The highest BCUT2D eigenvalue weighted by Crippen LogP contribution is 2.38. The molecule has 2 aliphatic heterocycles. The van der Waals surface area contributed by atoms with Crippen LogP contribution in [0.1, 0.15) is 69.0 Å². The van der Waals surface area contributed by atoms with Crippen molar-refractivity contribution in [2.24, 2.45) is 0 Å². The zero-order chi connectivity index (χ0) is 22.2. The molecule has 0 saturated carbocycles. The molecule has 0 aliphatic carbocycles. The second kappa shape index (κ2) is 8.61. The topological polar surface area (TPSA) is 64.4 Å².